The van der Waals surface area contributed by atoms with Crippen LogP contribution < -0.4 is 0 Å². The molecule has 3 aromatic rings. The SMILES string of the molecule is CC1=C(c2ccccc2)C(CC(=O)c2cccc(C(F)(F)F)c2)n2cncc21. The van der Waals surface area contributed by atoms with Crippen molar-refractivity contribution < 1.29 is 18.0 Å². The molecule has 2 heterocycles. The van der Waals surface area contributed by atoms with Gasteiger partial charge in [-0.2, -0.15) is 13.2 Å². The second-order valence-electron chi connectivity index (χ2n) is 6.81. The molecular formula is C22H17F3N2O. The van der Waals surface area contributed by atoms with Crippen LogP contribution in [0.5, 0.6) is 0 Å². The summed E-state index contributed by atoms with van der Waals surface area (Å²) in [5.41, 5.74) is 3.17. The topological polar surface area (TPSA) is 34.9 Å². The van der Waals surface area contributed by atoms with Gasteiger partial charge in [-0.3, -0.25) is 4.79 Å². The maximum atomic E-state index is 13.0. The molecule has 0 radical (unpaired) electrons. The summed E-state index contributed by atoms with van der Waals surface area (Å²) < 4.78 is 40.9. The Hall–Kier alpha value is -3.15. The third-order valence-electron chi connectivity index (χ3n) is 5.10. The molecule has 0 spiro atoms. The highest BCUT2D eigenvalue weighted by Gasteiger charge is 2.33. The van der Waals surface area contributed by atoms with Crippen molar-refractivity contribution in [2.75, 3.05) is 0 Å². The summed E-state index contributed by atoms with van der Waals surface area (Å²) in [6.45, 7) is 1.98. The zero-order valence-corrected chi connectivity index (χ0v) is 15.1. The van der Waals surface area contributed by atoms with Gasteiger partial charge in [-0.1, -0.05) is 42.5 Å². The number of Topliss-reactive ketones (excluding diaryl/α,β-unsaturated/α-hetero) is 1. The molecule has 1 aromatic heterocycles. The quantitative estimate of drug-likeness (QED) is 0.546. The lowest BCUT2D eigenvalue weighted by molar-refractivity contribution is -0.137. The molecule has 1 aliphatic rings. The van der Waals surface area contributed by atoms with Gasteiger partial charge in [0.05, 0.1) is 29.8 Å². The fourth-order valence-electron chi connectivity index (χ4n) is 3.76. The van der Waals surface area contributed by atoms with Crippen molar-refractivity contribution in [2.24, 2.45) is 0 Å². The third kappa shape index (κ3) is 3.15. The first-order valence-corrected chi connectivity index (χ1v) is 8.85. The number of nitrogens with zero attached hydrogens (tertiary/aromatic N) is 2. The summed E-state index contributed by atoms with van der Waals surface area (Å²) in [5.74, 6) is -0.334. The minimum Gasteiger partial charge on any atom is -0.323 e. The van der Waals surface area contributed by atoms with Gasteiger partial charge in [0.25, 0.3) is 0 Å². The Kier molecular flexibility index (Phi) is 4.41. The molecule has 1 unspecified atom stereocenters. The predicted octanol–water partition coefficient (Wildman–Crippen LogP) is 5.66. The van der Waals surface area contributed by atoms with Crippen molar-refractivity contribution in [3.05, 3.63) is 89.5 Å². The van der Waals surface area contributed by atoms with E-state index in [4.69, 9.17) is 0 Å². The number of benzene rings is 2. The molecule has 0 saturated heterocycles. The maximum absolute atomic E-state index is 13.0. The van der Waals surface area contributed by atoms with Crippen LogP contribution in [0, 0.1) is 0 Å². The van der Waals surface area contributed by atoms with E-state index >= 15 is 0 Å². The smallest absolute Gasteiger partial charge is 0.323 e. The van der Waals surface area contributed by atoms with E-state index in [2.05, 4.69) is 4.98 Å². The number of hydrogen-bond acceptors (Lipinski definition) is 2. The molecule has 142 valence electrons. The Morgan fingerprint density at radius 3 is 2.57 bits per heavy atom. The predicted molar refractivity (Wildman–Crippen MR) is 101 cm³/mol. The summed E-state index contributed by atoms with van der Waals surface area (Å²) in [7, 11) is 0. The first-order valence-electron chi connectivity index (χ1n) is 8.85. The molecule has 6 heteroatoms. The third-order valence-corrected chi connectivity index (χ3v) is 5.10. The molecule has 3 nitrogen and oxygen atoms in total. The molecule has 1 aliphatic heterocycles. The van der Waals surface area contributed by atoms with Crippen LogP contribution in [0.4, 0.5) is 13.2 Å². The normalized spacial score (nSPS) is 16.4. The van der Waals surface area contributed by atoms with Crippen molar-refractivity contribution in [1.29, 1.82) is 0 Å². The number of rotatable bonds is 4. The van der Waals surface area contributed by atoms with Gasteiger partial charge in [-0.25, -0.2) is 4.98 Å². The summed E-state index contributed by atoms with van der Waals surface area (Å²) in [6, 6.07) is 14.0. The van der Waals surface area contributed by atoms with Gasteiger partial charge >= 0.3 is 6.18 Å². The molecule has 28 heavy (non-hydrogen) atoms. The van der Waals surface area contributed by atoms with Crippen LogP contribution in [0.3, 0.4) is 0 Å². The zero-order chi connectivity index (χ0) is 19.9. The van der Waals surface area contributed by atoms with E-state index in [0.717, 1.165) is 34.5 Å². The largest absolute Gasteiger partial charge is 0.416 e. The van der Waals surface area contributed by atoms with Crippen molar-refractivity contribution in [3.8, 4) is 0 Å². The maximum Gasteiger partial charge on any atom is 0.416 e. The molecule has 1 atom stereocenters. The number of hydrogen-bond donors (Lipinski definition) is 0. The molecule has 0 aliphatic carbocycles. The number of ketones is 1. The van der Waals surface area contributed by atoms with E-state index in [0.29, 0.717) is 0 Å². The molecule has 0 N–H and O–H groups in total. The summed E-state index contributed by atoms with van der Waals surface area (Å²) in [6.07, 6.45) is -1.01. The Morgan fingerprint density at radius 2 is 1.86 bits per heavy atom. The van der Waals surface area contributed by atoms with Crippen molar-refractivity contribution in [1.82, 2.24) is 9.55 Å². The van der Waals surface area contributed by atoms with E-state index in [1.165, 1.54) is 12.1 Å². The van der Waals surface area contributed by atoms with Gasteiger partial charge in [0.2, 0.25) is 0 Å². The molecule has 4 rings (SSSR count). The summed E-state index contributed by atoms with van der Waals surface area (Å²) in [5, 5.41) is 0. The number of aromatic nitrogens is 2. The van der Waals surface area contributed by atoms with Gasteiger partial charge in [0, 0.05) is 12.0 Å². The standard InChI is InChI=1S/C22H17F3N2O/c1-14-19-12-26-13-27(19)18(21(14)15-6-3-2-4-7-15)11-20(28)16-8-5-9-17(10-16)22(23,24)25/h2-10,12-13,18H,11H2,1H3. The van der Waals surface area contributed by atoms with Crippen molar-refractivity contribution in [2.45, 2.75) is 25.6 Å². The number of alkyl halides is 3. The number of carbonyl (C=O) groups is 1. The molecule has 0 fully saturated rings. The fraction of sp³-hybridized carbons (Fsp3) is 0.182. The van der Waals surface area contributed by atoms with Crippen LogP contribution in [-0.4, -0.2) is 15.3 Å². The average molecular weight is 382 g/mol. The van der Waals surface area contributed by atoms with E-state index < -0.39 is 11.7 Å². The Balaban J connectivity index is 1.70. The zero-order valence-electron chi connectivity index (χ0n) is 15.1. The van der Waals surface area contributed by atoms with E-state index in [1.807, 2.05) is 41.8 Å². The van der Waals surface area contributed by atoms with Crippen LogP contribution >= 0.6 is 0 Å². The highest BCUT2D eigenvalue weighted by atomic mass is 19.4. The average Bonchev–Trinajstić information content (AvgIpc) is 3.25. The first kappa shape index (κ1) is 18.2. The Bertz CT molecular complexity index is 1060. The Labute approximate surface area is 160 Å². The van der Waals surface area contributed by atoms with E-state index in [1.54, 1.807) is 12.5 Å². The van der Waals surface area contributed by atoms with Crippen LogP contribution in [0.15, 0.2) is 67.1 Å². The van der Waals surface area contributed by atoms with Gasteiger partial charge in [-0.05, 0) is 35.8 Å². The molecule has 2 aromatic carbocycles. The fourth-order valence-corrected chi connectivity index (χ4v) is 3.76. The van der Waals surface area contributed by atoms with Gasteiger partial charge < -0.3 is 4.57 Å². The molecular weight excluding hydrogens is 365 g/mol. The van der Waals surface area contributed by atoms with Gasteiger partial charge in [0.1, 0.15) is 0 Å². The highest BCUT2D eigenvalue weighted by molar-refractivity contribution is 6.01. The Morgan fingerprint density at radius 1 is 1.11 bits per heavy atom. The van der Waals surface area contributed by atoms with Crippen molar-refractivity contribution in [3.63, 3.8) is 0 Å². The number of imidazole rings is 1. The highest BCUT2D eigenvalue weighted by Crippen LogP contribution is 2.44. The molecule has 0 saturated carbocycles. The van der Waals surface area contributed by atoms with Crippen LogP contribution in [0.1, 0.15) is 46.6 Å². The van der Waals surface area contributed by atoms with Crippen LogP contribution in [0.25, 0.3) is 11.1 Å². The van der Waals surface area contributed by atoms with Gasteiger partial charge in [0.15, 0.2) is 5.78 Å². The van der Waals surface area contributed by atoms with E-state index in [-0.39, 0.29) is 23.8 Å². The molecule has 0 amide bonds. The summed E-state index contributed by atoms with van der Waals surface area (Å²) in [4.78, 5) is 17.0. The number of fused-ring (bicyclic) bond motifs is 1. The van der Waals surface area contributed by atoms with Crippen LogP contribution in [-0.2, 0) is 6.18 Å². The second-order valence-corrected chi connectivity index (χ2v) is 6.81. The number of carbonyl (C=O) groups excluding carboxylic acids is 1. The van der Waals surface area contributed by atoms with Crippen molar-refractivity contribution >= 4 is 16.9 Å². The van der Waals surface area contributed by atoms with E-state index in [9.17, 15) is 18.0 Å². The lowest BCUT2D eigenvalue weighted by atomic mass is 9.91. The van der Waals surface area contributed by atoms with Gasteiger partial charge in [-0.15, -0.1) is 0 Å². The minimum atomic E-state index is -4.48. The minimum absolute atomic E-state index is 0.0617. The number of halogens is 3. The monoisotopic (exact) mass is 382 g/mol. The summed E-state index contributed by atoms with van der Waals surface area (Å²) >= 11 is 0. The number of allylic oxidation sites excluding steroid dienone is 2. The van der Waals surface area contributed by atoms with Crippen LogP contribution in [0.2, 0.25) is 0 Å². The lowest BCUT2D eigenvalue weighted by Crippen LogP contribution is -2.14. The first-order chi connectivity index (χ1) is 13.4. The second kappa shape index (κ2) is 6.78. The lowest BCUT2D eigenvalue weighted by Gasteiger charge is -2.18. The molecule has 0 bridgehead atoms.